The molecule has 0 amide bonds. The summed E-state index contributed by atoms with van der Waals surface area (Å²) in [6, 6.07) is 11.9. The second kappa shape index (κ2) is 6.70. The fourth-order valence-electron chi connectivity index (χ4n) is 1.78. The van der Waals surface area contributed by atoms with Crippen LogP contribution < -0.4 is 5.32 Å². The monoisotopic (exact) mass is 310 g/mol. The van der Waals surface area contributed by atoms with Gasteiger partial charge in [-0.3, -0.25) is 10.1 Å². The number of hydrogen-bond acceptors (Lipinski definition) is 3. The lowest BCUT2D eigenvalue weighted by atomic mass is 10.2. The predicted octanol–water partition coefficient (Wildman–Crippen LogP) is 4.19. The van der Waals surface area contributed by atoms with Crippen molar-refractivity contribution in [1.29, 1.82) is 0 Å². The van der Waals surface area contributed by atoms with Crippen LogP contribution in [-0.4, -0.2) is 4.92 Å². The van der Waals surface area contributed by atoms with Crippen LogP contribution in [0.1, 0.15) is 11.1 Å². The summed E-state index contributed by atoms with van der Waals surface area (Å²) in [4.78, 5) is 10.3. The first-order valence-electron chi connectivity index (χ1n) is 5.95. The highest BCUT2D eigenvalue weighted by atomic mass is 35.5. The van der Waals surface area contributed by atoms with E-state index in [0.717, 1.165) is 5.56 Å². The molecule has 0 aliphatic rings. The summed E-state index contributed by atoms with van der Waals surface area (Å²) in [6.07, 6.45) is 0. The van der Waals surface area contributed by atoms with Gasteiger partial charge < -0.3 is 5.32 Å². The summed E-state index contributed by atoms with van der Waals surface area (Å²) in [5.41, 5.74) is 1.69. The second-order valence-corrected chi connectivity index (χ2v) is 5.04. The summed E-state index contributed by atoms with van der Waals surface area (Å²) in [5.74, 6) is 0. The maximum Gasteiger partial charge on any atom is 0.269 e. The Balaban J connectivity index is 2.02. The third-order valence-electron chi connectivity index (χ3n) is 2.83. The lowest BCUT2D eigenvalue weighted by Crippen LogP contribution is -2.13. The van der Waals surface area contributed by atoms with Gasteiger partial charge in [0.05, 0.1) is 4.92 Å². The van der Waals surface area contributed by atoms with Gasteiger partial charge in [0, 0.05) is 35.3 Å². The van der Waals surface area contributed by atoms with Gasteiger partial charge in [-0.05, 0) is 23.3 Å². The molecule has 0 aliphatic heterocycles. The van der Waals surface area contributed by atoms with E-state index in [1.807, 2.05) is 24.3 Å². The number of hydrogen-bond donors (Lipinski definition) is 1. The van der Waals surface area contributed by atoms with E-state index in [1.165, 1.54) is 18.2 Å². The molecule has 2 aromatic carbocycles. The molecular weight excluding hydrogens is 299 g/mol. The Morgan fingerprint density at radius 2 is 1.65 bits per heavy atom. The quantitative estimate of drug-likeness (QED) is 0.665. The highest BCUT2D eigenvalue weighted by molar-refractivity contribution is 6.31. The Kier molecular flexibility index (Phi) is 4.95. The van der Waals surface area contributed by atoms with Gasteiger partial charge >= 0.3 is 0 Å². The van der Waals surface area contributed by atoms with E-state index in [4.69, 9.17) is 23.2 Å². The van der Waals surface area contributed by atoms with Crippen molar-refractivity contribution in [3.05, 3.63) is 73.8 Å². The molecule has 0 spiro atoms. The highest BCUT2D eigenvalue weighted by Crippen LogP contribution is 2.22. The maximum absolute atomic E-state index is 10.7. The molecule has 0 aromatic heterocycles. The molecular formula is C14H12Cl2N2O2. The van der Waals surface area contributed by atoms with Crippen molar-refractivity contribution >= 4 is 28.9 Å². The molecule has 1 N–H and O–H groups in total. The molecule has 0 radical (unpaired) electrons. The third kappa shape index (κ3) is 3.70. The number of halogens is 2. The zero-order chi connectivity index (χ0) is 14.5. The normalized spacial score (nSPS) is 10.5. The molecule has 0 saturated heterocycles. The molecule has 0 bridgehead atoms. The first-order chi connectivity index (χ1) is 9.58. The number of nitrogens with one attached hydrogen (secondary N) is 1. The zero-order valence-electron chi connectivity index (χ0n) is 10.5. The van der Waals surface area contributed by atoms with E-state index in [9.17, 15) is 10.1 Å². The van der Waals surface area contributed by atoms with Crippen molar-refractivity contribution in [2.24, 2.45) is 0 Å². The minimum Gasteiger partial charge on any atom is -0.309 e. The number of rotatable bonds is 5. The lowest BCUT2D eigenvalue weighted by Gasteiger charge is -2.08. The largest absolute Gasteiger partial charge is 0.309 e. The number of benzene rings is 2. The van der Waals surface area contributed by atoms with Crippen molar-refractivity contribution in [2.45, 2.75) is 13.1 Å². The average molecular weight is 311 g/mol. The number of nitro groups is 1. The molecule has 0 atom stereocenters. The first kappa shape index (κ1) is 14.8. The maximum atomic E-state index is 10.7. The fraction of sp³-hybridized carbons (Fsp3) is 0.143. The topological polar surface area (TPSA) is 55.2 Å². The highest BCUT2D eigenvalue weighted by Gasteiger charge is 2.09. The van der Waals surface area contributed by atoms with Crippen molar-refractivity contribution in [2.75, 3.05) is 0 Å². The molecule has 2 aromatic rings. The van der Waals surface area contributed by atoms with Crippen LogP contribution >= 0.6 is 23.2 Å². The molecule has 20 heavy (non-hydrogen) atoms. The Labute approximate surface area is 126 Å². The second-order valence-electron chi connectivity index (χ2n) is 4.23. The van der Waals surface area contributed by atoms with Crippen LogP contribution in [0.3, 0.4) is 0 Å². The van der Waals surface area contributed by atoms with Gasteiger partial charge in [0.2, 0.25) is 0 Å². The number of nitrogens with zero attached hydrogens (tertiary/aromatic N) is 1. The van der Waals surface area contributed by atoms with E-state index < -0.39 is 4.92 Å². The van der Waals surface area contributed by atoms with Gasteiger partial charge in [-0.15, -0.1) is 0 Å². The molecule has 0 unspecified atom stereocenters. The van der Waals surface area contributed by atoms with Crippen LogP contribution in [0.4, 0.5) is 5.69 Å². The predicted molar refractivity (Wildman–Crippen MR) is 80.1 cm³/mol. The smallest absolute Gasteiger partial charge is 0.269 e. The first-order valence-corrected chi connectivity index (χ1v) is 6.70. The molecule has 0 fully saturated rings. The standard InChI is InChI=1S/C14H12Cl2N2O2/c15-13-4-2-1-3-10(13)8-17-9-11-7-12(18(19)20)5-6-14(11)16/h1-7,17H,8-9H2. The van der Waals surface area contributed by atoms with E-state index in [2.05, 4.69) is 5.32 Å². The van der Waals surface area contributed by atoms with Gasteiger partial charge in [0.25, 0.3) is 5.69 Å². The van der Waals surface area contributed by atoms with Crippen molar-refractivity contribution < 1.29 is 4.92 Å². The zero-order valence-corrected chi connectivity index (χ0v) is 12.0. The third-order valence-corrected chi connectivity index (χ3v) is 3.57. The van der Waals surface area contributed by atoms with Crippen molar-refractivity contribution in [1.82, 2.24) is 5.32 Å². The lowest BCUT2D eigenvalue weighted by molar-refractivity contribution is -0.384. The minimum absolute atomic E-state index is 0.0314. The SMILES string of the molecule is O=[N+]([O-])c1ccc(Cl)c(CNCc2ccccc2Cl)c1. The Morgan fingerprint density at radius 1 is 1.00 bits per heavy atom. The van der Waals surface area contributed by atoms with Crippen LogP contribution in [0.2, 0.25) is 10.0 Å². The Hall–Kier alpha value is -1.62. The van der Waals surface area contributed by atoms with Gasteiger partial charge in [-0.2, -0.15) is 0 Å². The van der Waals surface area contributed by atoms with Crippen LogP contribution in [0.15, 0.2) is 42.5 Å². The Morgan fingerprint density at radius 3 is 2.35 bits per heavy atom. The van der Waals surface area contributed by atoms with Gasteiger partial charge in [-0.1, -0.05) is 41.4 Å². The summed E-state index contributed by atoms with van der Waals surface area (Å²) < 4.78 is 0. The van der Waals surface area contributed by atoms with Crippen LogP contribution in [-0.2, 0) is 13.1 Å². The van der Waals surface area contributed by atoms with Gasteiger partial charge in [0.1, 0.15) is 0 Å². The van der Waals surface area contributed by atoms with Gasteiger partial charge in [-0.25, -0.2) is 0 Å². The Bertz CT molecular complexity index is 632. The fourth-order valence-corrected chi connectivity index (χ4v) is 2.17. The molecule has 2 rings (SSSR count). The van der Waals surface area contributed by atoms with E-state index >= 15 is 0 Å². The van der Waals surface area contributed by atoms with Crippen molar-refractivity contribution in [3.8, 4) is 0 Å². The molecule has 104 valence electrons. The summed E-state index contributed by atoms with van der Waals surface area (Å²) in [7, 11) is 0. The summed E-state index contributed by atoms with van der Waals surface area (Å²) in [6.45, 7) is 1.00. The van der Waals surface area contributed by atoms with E-state index in [0.29, 0.717) is 28.7 Å². The van der Waals surface area contributed by atoms with Crippen LogP contribution in [0.5, 0.6) is 0 Å². The molecule has 0 aliphatic carbocycles. The minimum atomic E-state index is -0.437. The van der Waals surface area contributed by atoms with Crippen LogP contribution in [0, 0.1) is 10.1 Å². The molecule has 0 saturated carbocycles. The number of nitro benzene ring substituents is 1. The van der Waals surface area contributed by atoms with Crippen LogP contribution in [0.25, 0.3) is 0 Å². The number of non-ortho nitro benzene ring substituents is 1. The summed E-state index contributed by atoms with van der Waals surface area (Å²) in [5, 5.41) is 15.1. The summed E-state index contributed by atoms with van der Waals surface area (Å²) >= 11 is 12.1. The van der Waals surface area contributed by atoms with E-state index in [1.54, 1.807) is 0 Å². The van der Waals surface area contributed by atoms with Crippen molar-refractivity contribution in [3.63, 3.8) is 0 Å². The van der Waals surface area contributed by atoms with Gasteiger partial charge in [0.15, 0.2) is 0 Å². The molecule has 0 heterocycles. The molecule has 6 heteroatoms. The average Bonchev–Trinajstić information content (AvgIpc) is 2.42. The molecule has 4 nitrogen and oxygen atoms in total. The van der Waals surface area contributed by atoms with E-state index in [-0.39, 0.29) is 5.69 Å².